The van der Waals surface area contributed by atoms with Crippen molar-refractivity contribution in [1.29, 1.82) is 0 Å². The van der Waals surface area contributed by atoms with E-state index in [4.69, 9.17) is 0 Å². The van der Waals surface area contributed by atoms with E-state index in [-0.39, 0.29) is 0 Å². The number of allylic oxidation sites excluding steroid dienone is 12. The van der Waals surface area contributed by atoms with E-state index in [0.717, 1.165) is 0 Å². The molecule has 0 atom stereocenters. The van der Waals surface area contributed by atoms with Gasteiger partial charge in [-0.15, -0.1) is 0 Å². The molecule has 656 valence electrons. The van der Waals surface area contributed by atoms with Crippen molar-refractivity contribution in [3.8, 4) is 33.4 Å². The third-order valence-corrected chi connectivity index (χ3v) is 21.7. The maximum absolute atomic E-state index is 2.24. The molecule has 0 saturated carbocycles. The lowest BCUT2D eigenvalue weighted by Gasteiger charge is -2.27. The molecule has 0 saturated heterocycles. The number of rotatable bonds is 3. The maximum Gasteiger partial charge on any atom is 0.0339 e. The van der Waals surface area contributed by atoms with Gasteiger partial charge in [0.15, 0.2) is 0 Å². The topological polar surface area (TPSA) is 0 Å². The van der Waals surface area contributed by atoms with Gasteiger partial charge in [-0.05, 0) is 181 Å². The van der Waals surface area contributed by atoms with E-state index in [1.807, 2.05) is 135 Å². The second-order valence-corrected chi connectivity index (χ2v) is 28.9. The van der Waals surface area contributed by atoms with E-state index in [1.165, 1.54) is 169 Å². The van der Waals surface area contributed by atoms with E-state index in [2.05, 4.69) is 479 Å². The van der Waals surface area contributed by atoms with Gasteiger partial charge in [-0.1, -0.05) is 602 Å². The summed E-state index contributed by atoms with van der Waals surface area (Å²) in [5, 5.41) is 29.3. The fraction of sp³-hybridized carbons (Fsp3) is 0.130. The van der Waals surface area contributed by atoms with Crippen molar-refractivity contribution < 1.29 is 0 Å². The largest absolute Gasteiger partial charge is 0.0683 e. The molecule has 0 heterocycles. The van der Waals surface area contributed by atoms with Crippen LogP contribution in [0.2, 0.25) is 0 Å². The highest BCUT2D eigenvalue weighted by molar-refractivity contribution is 6.25. The average Bonchev–Trinajstić information content (AvgIpc) is 0.751. The molecule has 131 heavy (non-hydrogen) atoms. The molecule has 0 aromatic heterocycles. The Hall–Kier alpha value is -14.8. The van der Waals surface area contributed by atoms with Gasteiger partial charge in [0.2, 0.25) is 0 Å². The normalized spacial score (nSPS) is 11.1. The van der Waals surface area contributed by atoms with Crippen LogP contribution in [-0.4, -0.2) is 0 Å². The van der Waals surface area contributed by atoms with E-state index >= 15 is 0 Å². The molecular formula is C131H132. The van der Waals surface area contributed by atoms with Gasteiger partial charge < -0.3 is 0 Å². The van der Waals surface area contributed by atoms with Crippen LogP contribution in [0.4, 0.5) is 0 Å². The molecule has 0 unspecified atom stereocenters. The predicted octanol–water partition coefficient (Wildman–Crippen LogP) is 40.2. The highest BCUT2D eigenvalue weighted by Crippen LogP contribution is 2.40. The van der Waals surface area contributed by atoms with Gasteiger partial charge in [-0.2, -0.15) is 0 Å². The molecule has 3 aliphatic rings. The minimum absolute atomic E-state index is 0.514. The van der Waals surface area contributed by atoms with Crippen LogP contribution >= 0.6 is 0 Å². The summed E-state index contributed by atoms with van der Waals surface area (Å²) >= 11 is 0. The second kappa shape index (κ2) is 55.7. The molecule has 0 nitrogen and oxygen atoms in total. The number of hydrogen-bond donors (Lipinski definition) is 0. The van der Waals surface area contributed by atoms with Gasteiger partial charge in [0, 0.05) is 5.92 Å². The molecule has 0 heteroatoms. The first-order valence-corrected chi connectivity index (χ1v) is 47.6. The zero-order valence-corrected chi connectivity index (χ0v) is 80.0. The summed E-state index contributed by atoms with van der Waals surface area (Å²) in [4.78, 5) is 0. The van der Waals surface area contributed by atoms with Gasteiger partial charge in [-0.3, -0.25) is 0 Å². The quantitative estimate of drug-likeness (QED) is 0.122. The molecule has 0 fully saturated rings. The first kappa shape index (κ1) is 99.9. The molecule has 0 amide bonds. The molecule has 3 aliphatic carbocycles. The third kappa shape index (κ3) is 26.7. The lowest BCUT2D eigenvalue weighted by atomic mass is 9.76. The van der Waals surface area contributed by atoms with Crippen LogP contribution in [0, 0.1) is 5.92 Å². The van der Waals surface area contributed by atoms with Crippen molar-refractivity contribution in [3.05, 3.63) is 520 Å². The van der Waals surface area contributed by atoms with Crippen LogP contribution in [0.25, 0.3) is 152 Å². The molecule has 21 aromatic carbocycles. The summed E-state index contributed by atoms with van der Waals surface area (Å²) in [6, 6.07) is 158. The fourth-order valence-corrected chi connectivity index (χ4v) is 16.0. The Bertz CT molecular complexity index is 6350. The fourth-order valence-electron chi connectivity index (χ4n) is 16.0. The molecule has 0 N–H and O–H groups in total. The Morgan fingerprint density at radius 3 is 0.527 bits per heavy atom. The van der Waals surface area contributed by atoms with Crippen molar-refractivity contribution in [3.63, 3.8) is 0 Å². The molecule has 24 rings (SSSR count). The Balaban J connectivity index is 0.000000166. The molecular weight excluding hydrogens is 1570 g/mol. The van der Waals surface area contributed by atoms with Crippen LogP contribution in [0.3, 0.4) is 0 Å². The van der Waals surface area contributed by atoms with Crippen molar-refractivity contribution >= 4 is 118 Å². The SMILES string of the molecule is C1=CC2=CC=CC3=CC=CC(=C1)C23.CC.CC.CC.CC.CC.CC.CC.CC.c1cc2ccc3cccc4ccc(c1)c2c34.c1ccc(-c2ccc(-c3ccccc3)cc2)cc1.c1ccc(-c2ccccc2)cc1.c1ccc2c(c1)c1ccccc1c1ccccc21.c1ccc2c(c1)ccc1ccccc12.c1ccc2cc3ccccc3cc2c1.c1ccc2ccccc2c1. The predicted molar refractivity (Wildman–Crippen MR) is 591 cm³/mol. The Morgan fingerprint density at radius 1 is 0.130 bits per heavy atom. The van der Waals surface area contributed by atoms with E-state index in [9.17, 15) is 0 Å². The van der Waals surface area contributed by atoms with Gasteiger partial charge in [0.05, 0.1) is 0 Å². The smallest absolute Gasteiger partial charge is 0.0339 e. The van der Waals surface area contributed by atoms with Crippen LogP contribution in [0.5, 0.6) is 0 Å². The number of fused-ring (bicyclic) bond motifs is 12. The number of benzene rings is 21. The summed E-state index contributed by atoms with van der Waals surface area (Å²) in [5.74, 6) is 0.514. The highest BCUT2D eigenvalue weighted by atomic mass is 14.3. The number of hydrogen-bond acceptors (Lipinski definition) is 0. The summed E-state index contributed by atoms with van der Waals surface area (Å²) in [7, 11) is 0. The van der Waals surface area contributed by atoms with Gasteiger partial charge >= 0.3 is 0 Å². The van der Waals surface area contributed by atoms with Gasteiger partial charge in [0.25, 0.3) is 0 Å². The van der Waals surface area contributed by atoms with Crippen LogP contribution in [0.1, 0.15) is 111 Å². The standard InChI is InChI=1S/C18H12.C18H14.C16H10.2C14H10.C13H10.C12H10.C10H8.8C2H6/c1-2-8-14-13(7-1)15-9-3-4-11-17(15)18-12-6-5-10-16(14)18;1-3-7-15(8-4-1)17-11-13-18(14-12-17)16-9-5-2-6-10-16;1-3-11-7-9-13-5-2-6-14-10-8-12(4-1)15(11)16(13)14;1-3-7-13-11(5-1)9-10-12-6-2-4-8-14(12)13;1-2-6-12-10-14-8-4-3-7-13(14)9-11(12)5-1;1-4-10-6-2-8-12-9-3-7-11(5-1)13(10)12;1-3-7-11(8-4-1)12-9-5-2-6-10-12;1-2-6-10-8-4-3-7-9(10)5-1;8*1-2/h1-12H;1-14H;1-10H;2*1-10H;1-9,13H;1-10H;1-8H;8*1-2H3. The minimum Gasteiger partial charge on any atom is -0.0683 e. The summed E-state index contributed by atoms with van der Waals surface area (Å²) < 4.78 is 0. The van der Waals surface area contributed by atoms with Crippen molar-refractivity contribution in [2.75, 3.05) is 0 Å². The molecule has 0 aliphatic heterocycles. The van der Waals surface area contributed by atoms with Crippen molar-refractivity contribution in [2.24, 2.45) is 5.92 Å². The zero-order valence-electron chi connectivity index (χ0n) is 80.0. The van der Waals surface area contributed by atoms with Gasteiger partial charge in [0.1, 0.15) is 0 Å². The minimum atomic E-state index is 0.514. The van der Waals surface area contributed by atoms with Crippen molar-refractivity contribution in [2.45, 2.75) is 111 Å². The highest BCUT2D eigenvalue weighted by Gasteiger charge is 2.24. The Kier molecular flexibility index (Phi) is 42.5. The van der Waals surface area contributed by atoms with E-state index < -0.39 is 0 Å². The van der Waals surface area contributed by atoms with E-state index in [1.54, 1.807) is 0 Å². The monoisotopic (exact) mass is 1710 g/mol. The van der Waals surface area contributed by atoms with Crippen LogP contribution in [0.15, 0.2) is 520 Å². The lowest BCUT2D eigenvalue weighted by Crippen LogP contribution is -2.13. The molecule has 0 radical (unpaired) electrons. The molecule has 0 spiro atoms. The lowest BCUT2D eigenvalue weighted by molar-refractivity contribution is 0.878. The maximum atomic E-state index is 2.24. The van der Waals surface area contributed by atoms with Crippen LogP contribution < -0.4 is 0 Å². The second-order valence-electron chi connectivity index (χ2n) is 28.9. The summed E-state index contributed by atoms with van der Waals surface area (Å²) in [6.07, 6.45) is 19.6. The zero-order chi connectivity index (χ0) is 93.2. The van der Waals surface area contributed by atoms with Gasteiger partial charge in [-0.25, -0.2) is 0 Å². The molecule has 0 bridgehead atoms. The first-order chi connectivity index (χ1) is 65.1. The summed E-state index contributed by atoms with van der Waals surface area (Å²) in [5.41, 5.74) is 11.8. The third-order valence-electron chi connectivity index (χ3n) is 21.7. The Labute approximate surface area is 783 Å². The Morgan fingerprint density at radius 2 is 0.298 bits per heavy atom. The first-order valence-electron chi connectivity index (χ1n) is 47.6. The average molecular weight is 1710 g/mol. The summed E-state index contributed by atoms with van der Waals surface area (Å²) in [6.45, 7) is 32.0. The van der Waals surface area contributed by atoms with Crippen molar-refractivity contribution in [1.82, 2.24) is 0 Å². The van der Waals surface area contributed by atoms with Crippen LogP contribution in [-0.2, 0) is 0 Å². The molecule has 21 aromatic rings. The van der Waals surface area contributed by atoms with E-state index in [0.29, 0.717) is 5.92 Å².